The number of amides is 3. The Morgan fingerprint density at radius 3 is 1.19 bits per heavy atom. The molecule has 7 N–H and O–H groups in total. The maximum atomic E-state index is 11.6. The Hall–Kier alpha value is -12.6. The number of halogens is 4. The van der Waals surface area contributed by atoms with Crippen molar-refractivity contribution in [1.29, 1.82) is 0 Å². The lowest BCUT2D eigenvalue weighted by Crippen LogP contribution is -2.34. The normalized spacial score (nSPS) is 11.4. The molecule has 128 heavy (non-hydrogen) atoms. The summed E-state index contributed by atoms with van der Waals surface area (Å²) < 4.78 is 43.4. The summed E-state index contributed by atoms with van der Waals surface area (Å²) in [7, 11) is 3.58. The Morgan fingerprint density at radius 2 is 0.781 bits per heavy atom. The number of hydrogen-bond donors (Lipinski definition) is 7. The first-order chi connectivity index (χ1) is 60.0. The first-order valence-corrected chi connectivity index (χ1v) is 41.3. The fraction of sp³-hybridized carbons (Fsp3) is 0.303. The molecule has 0 radical (unpaired) electrons. The van der Waals surface area contributed by atoms with E-state index >= 15 is 0 Å². The maximum Gasteiger partial charge on any atom is 0.407 e. The Morgan fingerprint density at radius 1 is 0.430 bits per heavy atom. The molecule has 0 aliphatic heterocycles. The molecule has 39 heteroatoms. The maximum absolute atomic E-state index is 11.6. The third-order valence-corrected chi connectivity index (χ3v) is 18.0. The highest BCUT2D eigenvalue weighted by atomic mass is 79.9. The molecular weight excluding hydrogens is 1800 g/mol. The van der Waals surface area contributed by atoms with Crippen molar-refractivity contribution in [2.24, 2.45) is 0 Å². The van der Waals surface area contributed by atoms with Crippen LogP contribution >= 0.6 is 77.7 Å². The first kappa shape index (κ1) is 104. The van der Waals surface area contributed by atoms with E-state index in [0.29, 0.717) is 64.9 Å². The van der Waals surface area contributed by atoms with E-state index in [0.717, 1.165) is 110 Å². The molecule has 3 amide bonds. The van der Waals surface area contributed by atoms with Crippen LogP contribution in [0.3, 0.4) is 0 Å². The van der Waals surface area contributed by atoms with Crippen molar-refractivity contribution in [2.75, 3.05) is 68.1 Å². The average Bonchev–Trinajstić information content (AvgIpc) is 1.68. The Labute approximate surface area is 779 Å². The number of carbonyl (C=O) groups is 3. The molecule has 678 valence electrons. The number of alkyl carbamates (subject to hydrolysis) is 3. The third kappa shape index (κ3) is 35.3. The average molecular weight is 1910 g/mol. The van der Waals surface area contributed by atoms with Crippen molar-refractivity contribution in [3.8, 4) is 11.3 Å². The number of aromatic nitrogens is 15. The van der Waals surface area contributed by atoms with Gasteiger partial charge in [-0.15, -0.1) is 0 Å². The van der Waals surface area contributed by atoms with Gasteiger partial charge in [0.1, 0.15) is 90.5 Å². The van der Waals surface area contributed by atoms with Crippen molar-refractivity contribution >= 4 is 181 Å². The van der Waals surface area contributed by atoms with Gasteiger partial charge in [-0.1, -0.05) is 74.3 Å². The summed E-state index contributed by atoms with van der Waals surface area (Å²) in [5, 5.41) is 21.5. The quantitative estimate of drug-likeness (QED) is 0.0225. The van der Waals surface area contributed by atoms with E-state index in [1.54, 1.807) is 113 Å². The van der Waals surface area contributed by atoms with Crippen molar-refractivity contribution < 1.29 is 50.7 Å². The van der Waals surface area contributed by atoms with E-state index in [4.69, 9.17) is 71.1 Å². The molecule has 15 heterocycles. The van der Waals surface area contributed by atoms with E-state index in [1.807, 2.05) is 144 Å². The lowest BCUT2D eigenvalue weighted by molar-refractivity contribution is 0.0516. The van der Waals surface area contributed by atoms with Crippen LogP contribution in [0.15, 0.2) is 230 Å². The molecule has 0 aliphatic rings. The number of carbonyl (C=O) groups excluding carboxylic acids is 3. The van der Waals surface area contributed by atoms with Gasteiger partial charge in [0.15, 0.2) is 27.9 Å². The number of fused-ring (bicyclic) bond motifs is 5. The summed E-state index contributed by atoms with van der Waals surface area (Å²) in [6.07, 6.45) is 27.0. The van der Waals surface area contributed by atoms with Crippen LogP contribution < -0.4 is 37.2 Å². The molecule has 0 spiro atoms. The highest BCUT2D eigenvalue weighted by molar-refractivity contribution is 9.10. The zero-order chi connectivity index (χ0) is 91.5. The molecular formula is C89H106BrCl3N22O11S2. The largest absolute Gasteiger partial charge is 0.462 e. The van der Waals surface area contributed by atoms with Gasteiger partial charge >= 0.3 is 18.3 Å². The zero-order valence-electron chi connectivity index (χ0n) is 73.7. The predicted octanol–water partition coefficient (Wildman–Crippen LogP) is 21.2. The van der Waals surface area contributed by atoms with E-state index in [1.165, 1.54) is 25.0 Å². The predicted molar refractivity (Wildman–Crippen MR) is 515 cm³/mol. The Bertz CT molecular complexity index is 5970. The second kappa shape index (κ2) is 51.3. The fourth-order valence-corrected chi connectivity index (χ4v) is 11.7. The molecule has 15 aromatic heterocycles. The van der Waals surface area contributed by atoms with Gasteiger partial charge in [0, 0.05) is 197 Å². The third-order valence-electron chi connectivity index (χ3n) is 16.7. The van der Waals surface area contributed by atoms with Gasteiger partial charge in [0.25, 0.3) is 0 Å². The minimum atomic E-state index is -0.517. The highest BCUT2D eigenvalue weighted by Crippen LogP contribution is 2.30. The van der Waals surface area contributed by atoms with E-state index in [9.17, 15) is 14.4 Å². The monoisotopic (exact) mass is 1910 g/mol. The number of pyridine rings is 5. The second-order valence-electron chi connectivity index (χ2n) is 30.7. The second-order valence-corrected chi connectivity index (χ2v) is 32.7. The van der Waals surface area contributed by atoms with Crippen LogP contribution in [0.5, 0.6) is 0 Å². The number of nitrogens with zero attached hydrogens (tertiary/aromatic N) is 15. The molecule has 0 aliphatic carbocycles. The lowest BCUT2D eigenvalue weighted by atomic mass is 10.0. The standard InChI is InChI=1S/C19H19N7O.C15H20N2O3.C15H18N2O3.C14H13ClN4O.C9H17NO2.C7H4BrNO.C6H9N3.C4H2Cl2N2.2H2S/c1-12(14-3-5-21-15-4-6-27-18(14)15)8-22-17-7-16(25-11-26-17)13-9-23-19(20-2)24-10-13;2*1-10(9-17-14(18)20-15(2,3)4)11-5-7-16-12-6-8-19-13(11)12;1-9(7-17-13-6-12(15)18-8-19-13)10-2-4-16-11-3-5-20-14(10)11;1-7(2)6-10-8(11)12-9(3,4)5;8-5-1-3-9-6-2-4-10-7(5)6;1-5-3-8-6(7-2)9-4-5;5-3-1-4(6)8-2-7-3;;/h3-7,9-12H,8H2,1-2H3,(H,20,23,24)(H,22,25,26);5-8,10H,9H2,1-4H3,(H,17,18);5-8H,1,9H2,2-4H3,(H,17,18);2-6,8-9H,7H2,1H3,(H,17,18,19);1,6H2,2-5H3,(H,10,11);1-4H;3-4H,1-2H3,(H,7,8,9);1-2H;2*1H2/t12-;;;9-;;;;;;/m1..1....../s1. The SMILES string of the molecule is Brc1ccnc2ccoc12.C=C(C)CNC(=O)OC(C)(C)C.C=C(CNC(=O)OC(C)(C)C)c1ccnc2ccoc12.CC(CNC(=O)OC(C)(C)C)c1ccnc2ccoc12.CNc1ncc(-c2cc(NC[C@@H](C)c3ccnc4ccoc34)ncn2)cn1.CNc1ncc(C)cn1.C[C@H](CNc1cc(Cl)ncn1)c1ccnc2ccoc12.Clc1cc(Cl)ncn1.S.S. The summed E-state index contributed by atoms with van der Waals surface area (Å²) in [4.78, 5) is 95.5. The highest BCUT2D eigenvalue weighted by Gasteiger charge is 2.22. The van der Waals surface area contributed by atoms with Crippen LogP contribution in [0.1, 0.15) is 136 Å². The molecule has 0 saturated heterocycles. The first-order valence-electron chi connectivity index (χ1n) is 39.4. The minimum Gasteiger partial charge on any atom is -0.462 e. The van der Waals surface area contributed by atoms with Crippen molar-refractivity contribution in [3.05, 3.63) is 251 Å². The number of ether oxygens (including phenoxy) is 3. The van der Waals surface area contributed by atoms with Gasteiger partial charge in [-0.05, 0) is 134 Å². The summed E-state index contributed by atoms with van der Waals surface area (Å²) in [5.41, 5.74) is 15.1. The molecule has 33 nitrogen and oxygen atoms in total. The molecule has 0 fully saturated rings. The van der Waals surface area contributed by atoms with Crippen LogP contribution in [0.4, 0.5) is 37.9 Å². The topological polar surface area (TPSA) is 422 Å². The van der Waals surface area contributed by atoms with Gasteiger partial charge in [-0.3, -0.25) is 24.9 Å². The number of anilines is 4. The van der Waals surface area contributed by atoms with Gasteiger partial charge in [0.05, 0.1) is 41.5 Å². The van der Waals surface area contributed by atoms with Crippen molar-refractivity contribution in [3.63, 3.8) is 0 Å². The molecule has 3 atom stereocenters. The Balaban J connectivity index is 0.000000232. The lowest BCUT2D eigenvalue weighted by Gasteiger charge is -2.21. The van der Waals surface area contributed by atoms with Crippen LogP contribution in [0.2, 0.25) is 15.5 Å². The number of nitrogens with one attached hydrogen (secondary N) is 7. The smallest absolute Gasteiger partial charge is 0.407 e. The van der Waals surface area contributed by atoms with Crippen LogP contribution in [-0.2, 0) is 14.2 Å². The number of furan rings is 5. The number of hydrogen-bond acceptors (Lipinski definition) is 30. The molecule has 1 unspecified atom stereocenters. The molecule has 0 aromatic carbocycles. The van der Waals surface area contributed by atoms with Crippen molar-refractivity contribution in [2.45, 2.75) is 131 Å². The van der Waals surface area contributed by atoms with E-state index < -0.39 is 35.1 Å². The number of rotatable bonds is 19. The van der Waals surface area contributed by atoms with Crippen LogP contribution in [0, 0.1) is 6.92 Å². The minimum absolute atomic E-state index is 0. The zero-order valence-corrected chi connectivity index (χ0v) is 79.6. The van der Waals surface area contributed by atoms with Crippen LogP contribution in [-0.4, -0.2) is 157 Å². The summed E-state index contributed by atoms with van der Waals surface area (Å²) in [6, 6.07) is 23.8. The van der Waals surface area contributed by atoms with Gasteiger partial charge < -0.3 is 73.5 Å². The van der Waals surface area contributed by atoms with E-state index in [2.05, 4.69) is 155 Å². The van der Waals surface area contributed by atoms with Gasteiger partial charge in [-0.2, -0.15) is 27.0 Å². The fourth-order valence-electron chi connectivity index (χ4n) is 10.8. The van der Waals surface area contributed by atoms with Gasteiger partial charge in [0.2, 0.25) is 11.9 Å². The molecule has 0 bridgehead atoms. The Kier molecular flexibility index (Phi) is 41.7. The summed E-state index contributed by atoms with van der Waals surface area (Å²) in [6.45, 7) is 36.8. The van der Waals surface area contributed by atoms with Gasteiger partial charge in [-0.25, -0.2) is 64.2 Å². The van der Waals surface area contributed by atoms with E-state index in [-0.39, 0.29) is 51.3 Å². The molecule has 15 rings (SSSR count). The molecule has 15 aromatic rings. The summed E-state index contributed by atoms with van der Waals surface area (Å²) >= 11 is 20.0. The van der Waals surface area contributed by atoms with Crippen LogP contribution in [0.25, 0.3) is 72.3 Å². The summed E-state index contributed by atoms with van der Waals surface area (Å²) in [5.74, 6) is 3.27. The number of aryl methyl sites for hydroxylation is 1. The van der Waals surface area contributed by atoms with Crippen molar-refractivity contribution in [1.82, 2.24) is 90.7 Å². The molecule has 0 saturated carbocycles.